The molecule has 0 spiro atoms. The SMILES string of the molecule is Cc1ccccc1N/C(=N/C#N)N1CCN(C(=O)Nc2cccc3ccccc23)C(c2ccccc2)C1. The van der Waals surface area contributed by atoms with Crippen LogP contribution in [0, 0.1) is 18.4 Å². The van der Waals surface area contributed by atoms with E-state index >= 15 is 0 Å². The van der Waals surface area contributed by atoms with Gasteiger partial charge in [0, 0.05) is 30.7 Å². The number of piperazine rings is 1. The lowest BCUT2D eigenvalue weighted by molar-refractivity contribution is 0.136. The van der Waals surface area contributed by atoms with Crippen LogP contribution in [0.2, 0.25) is 0 Å². The highest BCUT2D eigenvalue weighted by atomic mass is 16.2. The number of rotatable bonds is 3. The summed E-state index contributed by atoms with van der Waals surface area (Å²) in [5.41, 5.74) is 3.75. The summed E-state index contributed by atoms with van der Waals surface area (Å²) < 4.78 is 0. The molecule has 2 amide bonds. The Morgan fingerprint density at radius 1 is 0.865 bits per heavy atom. The minimum Gasteiger partial charge on any atom is -0.338 e. The topological polar surface area (TPSA) is 83.8 Å². The number of urea groups is 1. The molecule has 37 heavy (non-hydrogen) atoms. The van der Waals surface area contributed by atoms with Gasteiger partial charge in [0.15, 0.2) is 0 Å². The van der Waals surface area contributed by atoms with Crippen molar-refractivity contribution < 1.29 is 4.79 Å². The van der Waals surface area contributed by atoms with Gasteiger partial charge in [0.25, 0.3) is 0 Å². The number of guanidine groups is 1. The third-order valence-corrected chi connectivity index (χ3v) is 6.70. The summed E-state index contributed by atoms with van der Waals surface area (Å²) >= 11 is 0. The number of amides is 2. The van der Waals surface area contributed by atoms with E-state index in [0.29, 0.717) is 25.6 Å². The van der Waals surface area contributed by atoms with Crippen LogP contribution in [0.4, 0.5) is 16.2 Å². The Bertz CT molecular complexity index is 1470. The zero-order valence-electron chi connectivity index (χ0n) is 20.6. The molecule has 5 rings (SSSR count). The first kappa shape index (κ1) is 23.9. The normalized spacial score (nSPS) is 15.8. The molecule has 7 nitrogen and oxygen atoms in total. The van der Waals surface area contributed by atoms with Crippen LogP contribution in [-0.4, -0.2) is 41.4 Å². The van der Waals surface area contributed by atoms with Crippen LogP contribution in [0.15, 0.2) is 102 Å². The fourth-order valence-corrected chi connectivity index (χ4v) is 4.76. The third-order valence-electron chi connectivity index (χ3n) is 6.70. The van der Waals surface area contributed by atoms with Crippen molar-refractivity contribution in [1.82, 2.24) is 9.80 Å². The predicted molar refractivity (Wildman–Crippen MR) is 148 cm³/mol. The summed E-state index contributed by atoms with van der Waals surface area (Å²) in [6, 6.07) is 31.4. The van der Waals surface area contributed by atoms with Crippen molar-refractivity contribution in [3.8, 4) is 6.19 Å². The van der Waals surface area contributed by atoms with Gasteiger partial charge >= 0.3 is 6.03 Å². The molecule has 4 aromatic carbocycles. The van der Waals surface area contributed by atoms with Gasteiger partial charge in [-0.25, -0.2) is 4.79 Å². The maximum atomic E-state index is 13.6. The fraction of sp³-hybridized carbons (Fsp3) is 0.167. The fourth-order valence-electron chi connectivity index (χ4n) is 4.76. The Kier molecular flexibility index (Phi) is 7.00. The molecule has 1 saturated heterocycles. The van der Waals surface area contributed by atoms with Crippen molar-refractivity contribution in [3.63, 3.8) is 0 Å². The van der Waals surface area contributed by atoms with Crippen molar-refractivity contribution in [2.75, 3.05) is 30.3 Å². The monoisotopic (exact) mass is 488 g/mol. The van der Waals surface area contributed by atoms with E-state index in [2.05, 4.69) is 15.6 Å². The van der Waals surface area contributed by atoms with E-state index in [1.165, 1.54) is 0 Å². The van der Waals surface area contributed by atoms with Crippen molar-refractivity contribution >= 4 is 34.1 Å². The summed E-state index contributed by atoms with van der Waals surface area (Å²) in [5.74, 6) is 0.479. The van der Waals surface area contributed by atoms with E-state index < -0.39 is 0 Å². The Labute approximate surface area is 216 Å². The minimum atomic E-state index is -0.229. The van der Waals surface area contributed by atoms with Crippen LogP contribution < -0.4 is 10.6 Å². The number of para-hydroxylation sites is 1. The molecule has 1 atom stereocenters. The van der Waals surface area contributed by atoms with Gasteiger partial charge in [-0.05, 0) is 35.6 Å². The van der Waals surface area contributed by atoms with E-state index in [0.717, 1.165) is 33.3 Å². The van der Waals surface area contributed by atoms with Crippen molar-refractivity contribution in [1.29, 1.82) is 5.26 Å². The second-order valence-corrected chi connectivity index (χ2v) is 9.00. The minimum absolute atomic E-state index is 0.157. The van der Waals surface area contributed by atoms with Crippen LogP contribution in [0.3, 0.4) is 0 Å². The molecule has 1 fully saturated rings. The molecular weight excluding hydrogens is 460 g/mol. The molecular formula is C30H28N6O. The molecule has 4 aromatic rings. The number of anilines is 2. The Balaban J connectivity index is 1.41. The smallest absolute Gasteiger partial charge is 0.322 e. The molecule has 0 radical (unpaired) electrons. The van der Waals surface area contributed by atoms with Crippen LogP contribution in [-0.2, 0) is 0 Å². The van der Waals surface area contributed by atoms with Gasteiger partial charge in [-0.3, -0.25) is 0 Å². The van der Waals surface area contributed by atoms with Crippen molar-refractivity contribution in [2.45, 2.75) is 13.0 Å². The molecule has 1 aliphatic heterocycles. The number of carbonyl (C=O) groups is 1. The summed E-state index contributed by atoms with van der Waals surface area (Å²) in [4.78, 5) is 21.6. The number of nitriles is 1. The van der Waals surface area contributed by atoms with E-state index in [1.54, 1.807) is 0 Å². The number of aliphatic imine (C=N–C) groups is 1. The molecule has 0 aromatic heterocycles. The van der Waals surface area contributed by atoms with Gasteiger partial charge < -0.3 is 20.4 Å². The molecule has 7 heteroatoms. The highest BCUT2D eigenvalue weighted by molar-refractivity contribution is 6.02. The average molecular weight is 489 g/mol. The van der Waals surface area contributed by atoms with E-state index in [-0.39, 0.29) is 12.1 Å². The second-order valence-electron chi connectivity index (χ2n) is 9.00. The second kappa shape index (κ2) is 10.8. The van der Waals surface area contributed by atoms with Crippen LogP contribution in [0.1, 0.15) is 17.2 Å². The summed E-state index contributed by atoms with van der Waals surface area (Å²) in [7, 11) is 0. The predicted octanol–water partition coefficient (Wildman–Crippen LogP) is 5.99. The van der Waals surface area contributed by atoms with E-state index in [1.807, 2.05) is 120 Å². The Morgan fingerprint density at radius 2 is 1.57 bits per heavy atom. The van der Waals surface area contributed by atoms with Crippen LogP contribution >= 0.6 is 0 Å². The van der Waals surface area contributed by atoms with Gasteiger partial charge in [0.2, 0.25) is 12.2 Å². The Morgan fingerprint density at radius 3 is 2.38 bits per heavy atom. The molecule has 2 N–H and O–H groups in total. The Hall–Kier alpha value is -4.83. The lowest BCUT2D eigenvalue weighted by atomic mass is 10.0. The quantitative estimate of drug-likeness (QED) is 0.211. The molecule has 1 aliphatic rings. The molecule has 0 bridgehead atoms. The summed E-state index contributed by atoms with van der Waals surface area (Å²) in [6.07, 6.45) is 1.93. The lowest BCUT2D eigenvalue weighted by Gasteiger charge is -2.42. The standard InChI is InChI=1S/C30H28N6O/c1-22-10-5-8-16-26(22)33-29(32-21-31)35-18-19-36(28(20-35)24-12-3-2-4-13-24)30(37)34-27-17-9-14-23-11-6-7-15-25(23)27/h2-17,28H,18-20H2,1H3,(H,32,33)(H,34,37). The first-order valence-corrected chi connectivity index (χ1v) is 12.3. The van der Waals surface area contributed by atoms with Crippen molar-refractivity contribution in [3.05, 3.63) is 108 Å². The highest BCUT2D eigenvalue weighted by Gasteiger charge is 2.33. The van der Waals surface area contributed by atoms with Gasteiger partial charge in [0.1, 0.15) is 0 Å². The molecule has 0 aliphatic carbocycles. The maximum Gasteiger partial charge on any atom is 0.322 e. The number of carbonyl (C=O) groups excluding carboxylic acids is 1. The number of nitrogens with one attached hydrogen (secondary N) is 2. The molecule has 184 valence electrons. The maximum absolute atomic E-state index is 13.6. The summed E-state index contributed by atoms with van der Waals surface area (Å²) in [6.45, 7) is 3.50. The van der Waals surface area contributed by atoms with Gasteiger partial charge in [-0.1, -0.05) is 84.9 Å². The third kappa shape index (κ3) is 5.24. The average Bonchev–Trinajstić information content (AvgIpc) is 2.94. The molecule has 0 saturated carbocycles. The van der Waals surface area contributed by atoms with Crippen LogP contribution in [0.5, 0.6) is 0 Å². The molecule has 1 unspecified atom stereocenters. The number of nitrogens with zero attached hydrogens (tertiary/aromatic N) is 4. The van der Waals surface area contributed by atoms with Gasteiger partial charge in [0.05, 0.1) is 11.7 Å². The zero-order chi connectivity index (χ0) is 25.6. The first-order chi connectivity index (χ1) is 18.1. The number of benzene rings is 4. The number of fused-ring (bicyclic) bond motifs is 1. The highest BCUT2D eigenvalue weighted by Crippen LogP contribution is 2.29. The van der Waals surface area contributed by atoms with Gasteiger partial charge in [-0.15, -0.1) is 4.99 Å². The zero-order valence-corrected chi connectivity index (χ0v) is 20.6. The van der Waals surface area contributed by atoms with Crippen molar-refractivity contribution in [2.24, 2.45) is 4.99 Å². The first-order valence-electron chi connectivity index (χ1n) is 12.3. The van der Waals surface area contributed by atoms with E-state index in [4.69, 9.17) is 0 Å². The number of aryl methyl sites for hydroxylation is 1. The number of hydrogen-bond acceptors (Lipinski definition) is 3. The van der Waals surface area contributed by atoms with Crippen LogP contribution in [0.25, 0.3) is 10.8 Å². The lowest BCUT2D eigenvalue weighted by Crippen LogP contribution is -2.54. The largest absolute Gasteiger partial charge is 0.338 e. The molecule has 1 heterocycles. The van der Waals surface area contributed by atoms with E-state index in [9.17, 15) is 10.1 Å². The summed E-state index contributed by atoms with van der Waals surface area (Å²) in [5, 5.41) is 18.0. The van der Waals surface area contributed by atoms with Gasteiger partial charge in [-0.2, -0.15) is 5.26 Å². The number of hydrogen-bond donors (Lipinski definition) is 2.